The minimum atomic E-state index is -0.291. The highest BCUT2D eigenvalue weighted by Crippen LogP contribution is 2.39. The zero-order valence-electron chi connectivity index (χ0n) is 17.8. The minimum Gasteiger partial charge on any atom is -0.348 e. The molecule has 7 heteroatoms. The number of aromatic amines is 1. The van der Waals surface area contributed by atoms with Crippen molar-refractivity contribution >= 4 is 11.7 Å². The van der Waals surface area contributed by atoms with E-state index in [1.54, 1.807) is 0 Å². The molecule has 0 aromatic carbocycles. The zero-order chi connectivity index (χ0) is 20.6. The van der Waals surface area contributed by atoms with E-state index in [2.05, 4.69) is 45.8 Å². The van der Waals surface area contributed by atoms with Gasteiger partial charge in [-0.15, -0.1) is 0 Å². The van der Waals surface area contributed by atoms with Gasteiger partial charge in [-0.2, -0.15) is 5.10 Å². The lowest BCUT2D eigenvalue weighted by atomic mass is 9.75. The molecule has 2 heterocycles. The molecular formula is C21H31N5O2. The van der Waals surface area contributed by atoms with Gasteiger partial charge in [0.15, 0.2) is 11.6 Å². The van der Waals surface area contributed by atoms with Crippen LogP contribution in [0.1, 0.15) is 85.5 Å². The van der Waals surface area contributed by atoms with Crippen molar-refractivity contribution in [2.75, 3.05) is 0 Å². The second kappa shape index (κ2) is 7.53. The number of nitrogens with one attached hydrogen (secondary N) is 2. The minimum absolute atomic E-state index is 0.0438. The van der Waals surface area contributed by atoms with Crippen molar-refractivity contribution in [3.05, 3.63) is 34.2 Å². The molecular weight excluding hydrogens is 354 g/mol. The standard InChI is InChI=1S/C21H31N5O2/c1-7-8-26-13(3)15(19-16(26)10-21(5,6)11-17(19)27)9-18(28)22-12(2)20-23-14(4)24-25-20/h12H,7-11H2,1-6H3,(H,22,28)(H,23,24,25). The third-order valence-corrected chi connectivity index (χ3v) is 5.49. The summed E-state index contributed by atoms with van der Waals surface area (Å²) >= 11 is 0. The first-order valence-electron chi connectivity index (χ1n) is 10.0. The molecule has 7 nitrogen and oxygen atoms in total. The number of hydrogen-bond acceptors (Lipinski definition) is 4. The van der Waals surface area contributed by atoms with Gasteiger partial charge in [-0.25, -0.2) is 4.98 Å². The highest BCUT2D eigenvalue weighted by Gasteiger charge is 2.37. The SMILES string of the molecule is CCCn1c(C)c(CC(=O)NC(C)c2n[nH]c(C)n2)c2c1CC(C)(C)CC2=O. The van der Waals surface area contributed by atoms with Crippen LogP contribution >= 0.6 is 0 Å². The Bertz CT molecular complexity index is 906. The Morgan fingerprint density at radius 1 is 1.32 bits per heavy atom. The summed E-state index contributed by atoms with van der Waals surface area (Å²) in [7, 11) is 0. The molecule has 1 amide bonds. The number of ketones is 1. The van der Waals surface area contributed by atoms with E-state index in [-0.39, 0.29) is 29.6 Å². The van der Waals surface area contributed by atoms with Crippen LogP contribution in [-0.4, -0.2) is 31.4 Å². The highest BCUT2D eigenvalue weighted by molar-refractivity contribution is 6.01. The van der Waals surface area contributed by atoms with Crippen LogP contribution in [0.3, 0.4) is 0 Å². The number of aromatic nitrogens is 4. The van der Waals surface area contributed by atoms with Crippen LogP contribution in [0.15, 0.2) is 0 Å². The summed E-state index contributed by atoms with van der Waals surface area (Å²) in [6, 6.07) is -0.291. The molecule has 0 fully saturated rings. The molecule has 0 saturated carbocycles. The maximum absolute atomic E-state index is 13.0. The fourth-order valence-electron chi connectivity index (χ4n) is 4.22. The number of nitrogens with zero attached hydrogens (tertiary/aromatic N) is 3. The van der Waals surface area contributed by atoms with Gasteiger partial charge in [0.2, 0.25) is 5.91 Å². The lowest BCUT2D eigenvalue weighted by molar-refractivity contribution is -0.121. The average Bonchev–Trinajstić information content (AvgIpc) is 3.12. The fraction of sp³-hybridized carbons (Fsp3) is 0.619. The van der Waals surface area contributed by atoms with Gasteiger partial charge in [-0.05, 0) is 44.6 Å². The van der Waals surface area contributed by atoms with Crippen molar-refractivity contribution in [2.24, 2.45) is 5.41 Å². The van der Waals surface area contributed by atoms with Crippen molar-refractivity contribution in [2.45, 2.75) is 79.8 Å². The number of carbonyl (C=O) groups excluding carboxylic acids is 2. The largest absolute Gasteiger partial charge is 0.348 e. The Labute approximate surface area is 166 Å². The van der Waals surface area contributed by atoms with Crippen molar-refractivity contribution in [3.8, 4) is 0 Å². The van der Waals surface area contributed by atoms with Gasteiger partial charge < -0.3 is 9.88 Å². The van der Waals surface area contributed by atoms with Crippen molar-refractivity contribution in [3.63, 3.8) is 0 Å². The Morgan fingerprint density at radius 3 is 2.64 bits per heavy atom. The van der Waals surface area contributed by atoms with E-state index in [0.717, 1.165) is 41.9 Å². The maximum Gasteiger partial charge on any atom is 0.225 e. The molecule has 3 rings (SSSR count). The fourth-order valence-corrected chi connectivity index (χ4v) is 4.22. The molecule has 0 bridgehead atoms. The third-order valence-electron chi connectivity index (χ3n) is 5.49. The number of Topliss-reactive ketones (excluding diaryl/α,β-unsaturated/α-hetero) is 1. The molecule has 0 saturated heterocycles. The van der Waals surface area contributed by atoms with E-state index in [1.165, 1.54) is 0 Å². The van der Waals surface area contributed by atoms with Crippen LogP contribution < -0.4 is 5.32 Å². The van der Waals surface area contributed by atoms with E-state index in [9.17, 15) is 9.59 Å². The van der Waals surface area contributed by atoms with Crippen LogP contribution in [0, 0.1) is 19.3 Å². The molecule has 0 radical (unpaired) electrons. The van der Waals surface area contributed by atoms with Crippen molar-refractivity contribution in [1.29, 1.82) is 0 Å². The van der Waals surface area contributed by atoms with Crippen molar-refractivity contribution < 1.29 is 9.59 Å². The van der Waals surface area contributed by atoms with E-state index in [4.69, 9.17) is 0 Å². The molecule has 1 aliphatic carbocycles. The molecule has 28 heavy (non-hydrogen) atoms. The van der Waals surface area contributed by atoms with Gasteiger partial charge in [0.25, 0.3) is 0 Å². The van der Waals surface area contributed by atoms with E-state index in [1.807, 2.05) is 20.8 Å². The monoisotopic (exact) mass is 385 g/mol. The van der Waals surface area contributed by atoms with E-state index < -0.39 is 0 Å². The van der Waals surface area contributed by atoms with E-state index >= 15 is 0 Å². The van der Waals surface area contributed by atoms with Crippen LogP contribution in [0.4, 0.5) is 0 Å². The number of H-pyrrole nitrogens is 1. The quantitative estimate of drug-likeness (QED) is 0.798. The first-order chi connectivity index (χ1) is 13.1. The van der Waals surface area contributed by atoms with Crippen LogP contribution in [0.25, 0.3) is 0 Å². The summed E-state index contributed by atoms with van der Waals surface area (Å²) in [5.74, 6) is 1.31. The van der Waals surface area contributed by atoms with Gasteiger partial charge in [-0.3, -0.25) is 14.7 Å². The highest BCUT2D eigenvalue weighted by atomic mass is 16.1. The van der Waals surface area contributed by atoms with Gasteiger partial charge in [0, 0.05) is 29.9 Å². The summed E-state index contributed by atoms with van der Waals surface area (Å²) in [5, 5.41) is 9.86. The zero-order valence-corrected chi connectivity index (χ0v) is 17.8. The van der Waals surface area contributed by atoms with Gasteiger partial charge in [-0.1, -0.05) is 20.8 Å². The van der Waals surface area contributed by atoms with Crippen LogP contribution in [-0.2, 0) is 24.2 Å². The number of hydrogen-bond donors (Lipinski definition) is 2. The third kappa shape index (κ3) is 3.88. The van der Waals surface area contributed by atoms with Gasteiger partial charge >= 0.3 is 0 Å². The molecule has 0 aliphatic heterocycles. The predicted octanol–water partition coefficient (Wildman–Crippen LogP) is 3.21. The lowest BCUT2D eigenvalue weighted by Gasteiger charge is -2.30. The molecule has 1 aliphatic rings. The number of aryl methyl sites for hydroxylation is 1. The average molecular weight is 386 g/mol. The number of rotatable bonds is 6. The Morgan fingerprint density at radius 2 is 2.04 bits per heavy atom. The first kappa shape index (κ1) is 20.3. The second-order valence-electron chi connectivity index (χ2n) is 8.72. The topological polar surface area (TPSA) is 92.7 Å². The lowest BCUT2D eigenvalue weighted by Crippen LogP contribution is -2.31. The Balaban J connectivity index is 1.87. The smallest absolute Gasteiger partial charge is 0.225 e. The summed E-state index contributed by atoms with van der Waals surface area (Å²) in [6.07, 6.45) is 2.58. The van der Waals surface area contributed by atoms with Gasteiger partial charge in [0.05, 0.1) is 12.5 Å². The number of fused-ring (bicyclic) bond motifs is 1. The number of amides is 1. The number of carbonyl (C=O) groups is 2. The van der Waals surface area contributed by atoms with Crippen LogP contribution in [0.2, 0.25) is 0 Å². The van der Waals surface area contributed by atoms with E-state index in [0.29, 0.717) is 18.1 Å². The van der Waals surface area contributed by atoms with Gasteiger partial charge in [0.1, 0.15) is 5.82 Å². The second-order valence-corrected chi connectivity index (χ2v) is 8.72. The normalized spacial score (nSPS) is 16.7. The van der Waals surface area contributed by atoms with Crippen LogP contribution in [0.5, 0.6) is 0 Å². The van der Waals surface area contributed by atoms with Crippen molar-refractivity contribution in [1.82, 2.24) is 25.1 Å². The Hall–Kier alpha value is -2.44. The molecule has 2 aromatic rings. The maximum atomic E-state index is 13.0. The molecule has 1 atom stereocenters. The molecule has 0 spiro atoms. The summed E-state index contributed by atoms with van der Waals surface area (Å²) in [4.78, 5) is 30.0. The summed E-state index contributed by atoms with van der Waals surface area (Å²) in [6.45, 7) is 13.0. The predicted molar refractivity (Wildman–Crippen MR) is 107 cm³/mol. The molecule has 2 N–H and O–H groups in total. The first-order valence-corrected chi connectivity index (χ1v) is 10.0. The molecule has 152 valence electrons. The Kier molecular flexibility index (Phi) is 5.46. The molecule has 1 unspecified atom stereocenters. The summed E-state index contributed by atoms with van der Waals surface area (Å²) in [5.41, 5.74) is 3.75. The summed E-state index contributed by atoms with van der Waals surface area (Å²) < 4.78 is 2.25. The molecule has 2 aromatic heterocycles.